The summed E-state index contributed by atoms with van der Waals surface area (Å²) in [6.07, 6.45) is 4.21. The van der Waals surface area contributed by atoms with Crippen molar-refractivity contribution >= 4 is 49.9 Å². The van der Waals surface area contributed by atoms with Crippen LogP contribution in [0.25, 0.3) is 77.7 Å². The van der Waals surface area contributed by atoms with Crippen LogP contribution in [0.3, 0.4) is 0 Å². The highest BCUT2D eigenvalue weighted by Gasteiger charge is 2.27. The summed E-state index contributed by atoms with van der Waals surface area (Å²) in [7, 11) is 0. The number of anilines is 3. The second kappa shape index (κ2) is 16.0. The largest absolute Gasteiger partial charge is 0.308 e. The molecule has 0 radical (unpaired) electrons. The monoisotopic (exact) mass is 840 g/mol. The van der Waals surface area contributed by atoms with Crippen LogP contribution in [0.15, 0.2) is 213 Å². The summed E-state index contributed by atoms with van der Waals surface area (Å²) in [4.78, 5) is 7.57. The molecule has 0 amide bonds. The molecule has 0 bridgehead atoms. The summed E-state index contributed by atoms with van der Waals surface area (Å²) in [5.74, 6) is 0.878. The molecule has 0 N–H and O–H groups in total. The molecule has 0 fully saturated rings. The zero-order chi connectivity index (χ0) is 44.2. The van der Waals surface area contributed by atoms with Gasteiger partial charge in [-0.1, -0.05) is 121 Å². The van der Waals surface area contributed by atoms with Gasteiger partial charge in [0.1, 0.15) is 11.5 Å². The Kier molecular flexibility index (Phi) is 9.77. The second-order valence-electron chi connectivity index (χ2n) is 18.0. The normalized spacial score (nSPS) is 11.8. The molecule has 3 aromatic heterocycles. The van der Waals surface area contributed by atoms with Gasteiger partial charge >= 0.3 is 0 Å². The van der Waals surface area contributed by atoms with Crippen molar-refractivity contribution in [3.8, 4) is 44.9 Å². The summed E-state index contributed by atoms with van der Waals surface area (Å²) < 4.78 is 7.05. The lowest BCUT2D eigenvalue weighted by molar-refractivity contribution is 0.406. The van der Waals surface area contributed by atoms with E-state index in [1.165, 1.54) is 33.0 Å². The highest BCUT2D eigenvalue weighted by atomic mass is 15.2. The zero-order valence-corrected chi connectivity index (χ0v) is 37.4. The minimum absolute atomic E-state index is 0.116. The Morgan fingerprint density at radius 3 is 1.75 bits per heavy atom. The lowest BCUT2D eigenvalue weighted by atomic mass is 9.94. The number of imidazole rings is 1. The number of rotatable bonds is 8. The van der Waals surface area contributed by atoms with Gasteiger partial charge in [0.15, 0.2) is 17.4 Å². The Bertz CT molecular complexity index is 3480. The molecule has 65 heavy (non-hydrogen) atoms. The summed E-state index contributed by atoms with van der Waals surface area (Å²) in [5, 5.41) is 2.35. The molecule has 8 aromatic carbocycles. The van der Waals surface area contributed by atoms with Crippen LogP contribution in [0.5, 0.6) is 0 Å². The molecule has 0 aliphatic rings. The Hall–Kier alpha value is -8.02. The van der Waals surface area contributed by atoms with Crippen LogP contribution in [0.1, 0.15) is 31.9 Å². The Morgan fingerprint density at radius 2 is 1.06 bits per heavy atom. The van der Waals surface area contributed by atoms with Crippen LogP contribution < -0.4 is 4.90 Å². The van der Waals surface area contributed by atoms with Gasteiger partial charge < -0.3 is 4.90 Å². The molecule has 0 spiro atoms. The number of hydrogen-bond donors (Lipinski definition) is 0. The number of pyridine rings is 1. The molecule has 0 unspecified atom stereocenters. The van der Waals surface area contributed by atoms with Crippen molar-refractivity contribution < 1.29 is 0 Å². The Balaban J connectivity index is 1.20. The van der Waals surface area contributed by atoms with Crippen molar-refractivity contribution in [2.75, 3.05) is 4.90 Å². The third-order valence-corrected chi connectivity index (χ3v) is 12.8. The van der Waals surface area contributed by atoms with E-state index in [9.17, 15) is 0 Å². The van der Waals surface area contributed by atoms with Gasteiger partial charge in [0.05, 0.1) is 27.9 Å². The maximum Gasteiger partial charge on any atom is 0.191 e. The van der Waals surface area contributed by atoms with Gasteiger partial charge in [-0.15, -0.1) is 0 Å². The van der Waals surface area contributed by atoms with Gasteiger partial charge in [-0.3, -0.25) is 4.57 Å². The summed E-state index contributed by atoms with van der Waals surface area (Å²) in [6.45, 7) is 11.2. The van der Waals surface area contributed by atoms with Crippen LogP contribution in [-0.2, 0) is 5.54 Å². The van der Waals surface area contributed by atoms with E-state index in [2.05, 4.69) is 260 Å². The van der Waals surface area contributed by atoms with E-state index < -0.39 is 0 Å². The van der Waals surface area contributed by atoms with Gasteiger partial charge in [0.25, 0.3) is 0 Å². The maximum atomic E-state index is 5.10. The first-order valence-electron chi connectivity index (χ1n) is 22.5. The van der Waals surface area contributed by atoms with Crippen molar-refractivity contribution in [1.82, 2.24) is 18.7 Å². The quantitative estimate of drug-likeness (QED) is 0.143. The summed E-state index contributed by atoms with van der Waals surface area (Å²) >= 11 is 0. The summed E-state index contributed by atoms with van der Waals surface area (Å²) in [5.41, 5.74) is 18.1. The number of fused-ring (bicyclic) bond motifs is 4. The van der Waals surface area contributed by atoms with Crippen LogP contribution in [-0.4, -0.2) is 18.7 Å². The number of aryl methyl sites for hydroxylation is 2. The molecular formula is C60H50N5+. The second-order valence-corrected chi connectivity index (χ2v) is 18.0. The topological polar surface area (TPSA) is 30.9 Å². The maximum absolute atomic E-state index is 5.10. The van der Waals surface area contributed by atoms with E-state index >= 15 is 0 Å². The van der Waals surface area contributed by atoms with Crippen LogP contribution in [0.4, 0.5) is 17.1 Å². The average molecular weight is 841 g/mol. The lowest BCUT2D eigenvalue weighted by Crippen LogP contribution is -2.20. The number of para-hydroxylation sites is 4. The molecule has 5 heteroatoms. The summed E-state index contributed by atoms with van der Waals surface area (Å²) in [6, 6.07) is 72.5. The van der Waals surface area contributed by atoms with Gasteiger partial charge in [-0.05, 0) is 123 Å². The zero-order valence-electron chi connectivity index (χ0n) is 37.4. The van der Waals surface area contributed by atoms with Crippen molar-refractivity contribution in [2.24, 2.45) is 0 Å². The molecule has 11 rings (SSSR count). The molecule has 314 valence electrons. The first-order chi connectivity index (χ1) is 31.7. The fraction of sp³-hybridized carbons (Fsp3) is 0.100. The fourth-order valence-corrected chi connectivity index (χ4v) is 9.84. The van der Waals surface area contributed by atoms with Crippen molar-refractivity contribution in [2.45, 2.75) is 40.2 Å². The molecular weight excluding hydrogens is 791 g/mol. The minimum Gasteiger partial charge on any atom is -0.308 e. The Morgan fingerprint density at radius 1 is 0.477 bits per heavy atom. The molecule has 11 aromatic rings. The first-order valence-corrected chi connectivity index (χ1v) is 22.5. The predicted molar refractivity (Wildman–Crippen MR) is 273 cm³/mol. The smallest absolute Gasteiger partial charge is 0.191 e. The van der Waals surface area contributed by atoms with E-state index in [0.29, 0.717) is 0 Å². The predicted octanol–water partition coefficient (Wildman–Crippen LogP) is 16.0. The molecule has 0 saturated heterocycles. The van der Waals surface area contributed by atoms with E-state index in [1.54, 1.807) is 0 Å². The van der Waals surface area contributed by atoms with Gasteiger partial charge in [0, 0.05) is 58.0 Å². The number of aromatic nitrogens is 4. The molecule has 0 aliphatic heterocycles. The van der Waals surface area contributed by atoms with Crippen molar-refractivity contribution in [3.63, 3.8) is 0 Å². The van der Waals surface area contributed by atoms with Crippen LogP contribution in [0, 0.1) is 13.8 Å². The Labute approximate surface area is 380 Å². The highest BCUT2D eigenvalue weighted by molar-refractivity contribution is 6.11. The van der Waals surface area contributed by atoms with E-state index in [-0.39, 0.29) is 5.54 Å². The number of hydrogen-bond acceptors (Lipinski definition) is 2. The van der Waals surface area contributed by atoms with Gasteiger partial charge in [-0.25, -0.2) is 9.55 Å². The minimum atomic E-state index is -0.116. The number of benzene rings is 8. The number of nitrogens with zero attached hydrogens (tertiary/aromatic N) is 5. The first kappa shape index (κ1) is 39.8. The van der Waals surface area contributed by atoms with Crippen LogP contribution in [0.2, 0.25) is 0 Å². The van der Waals surface area contributed by atoms with Crippen molar-refractivity contribution in [3.05, 3.63) is 224 Å². The molecule has 0 atom stereocenters. The molecule has 0 aliphatic carbocycles. The standard InChI is InChI=1S/C60H50N5/c1-41-19-16-20-42(2)58(41)45-35-36-61-57(37-45)65-53-30-13-12-27-51(53)52-34-33-48(39-56(52)65)64(59-49(43-21-8-6-9-22-43)28-18-29-50(59)44-23-10-7-11-24-44)47-26-17-25-46(38-47)62-40-63(60(3,4)5)55-32-15-14-31-54(55)62/h6-40H,1-5H3/q+1. The molecule has 3 heterocycles. The highest BCUT2D eigenvalue weighted by Crippen LogP contribution is 2.48. The van der Waals surface area contributed by atoms with E-state index in [1.807, 2.05) is 6.20 Å². The van der Waals surface area contributed by atoms with E-state index in [0.717, 1.165) is 72.9 Å². The van der Waals surface area contributed by atoms with Crippen LogP contribution >= 0.6 is 0 Å². The average Bonchev–Trinajstić information content (AvgIpc) is 3.89. The lowest BCUT2D eigenvalue weighted by Gasteiger charge is -2.30. The van der Waals surface area contributed by atoms with Gasteiger partial charge in [-0.2, -0.15) is 4.57 Å². The van der Waals surface area contributed by atoms with Gasteiger partial charge in [0.2, 0.25) is 0 Å². The fourth-order valence-electron chi connectivity index (χ4n) is 9.84. The van der Waals surface area contributed by atoms with Crippen molar-refractivity contribution in [1.29, 1.82) is 0 Å². The molecule has 0 saturated carbocycles. The third-order valence-electron chi connectivity index (χ3n) is 12.8. The SMILES string of the molecule is Cc1cccc(C)c1-c1ccnc(-n2c3ccccc3c3ccc(N(c4cccc(-n5[cH+]n(C(C)(C)C)c6ccccc65)c4)c4c(-c5ccccc5)cccc4-c4ccccc4)cc32)c1. The third kappa shape index (κ3) is 6.97. The van der Waals surface area contributed by atoms with E-state index in [4.69, 9.17) is 4.98 Å². The molecule has 5 nitrogen and oxygen atoms in total.